The molecule has 0 radical (unpaired) electrons. The molecule has 0 saturated carbocycles. The lowest BCUT2D eigenvalue weighted by Crippen LogP contribution is -2.21. The Hall–Kier alpha value is -2.21. The molecule has 0 unspecified atom stereocenters. The normalized spacial score (nSPS) is 11.8. The molecule has 0 amide bonds. The summed E-state index contributed by atoms with van der Waals surface area (Å²) in [5.74, 6) is 0. The Morgan fingerprint density at radius 1 is 1.08 bits per heavy atom. The van der Waals surface area contributed by atoms with Gasteiger partial charge in [0.1, 0.15) is 0 Å². The van der Waals surface area contributed by atoms with Crippen LogP contribution in [-0.4, -0.2) is 19.3 Å². The van der Waals surface area contributed by atoms with Crippen LogP contribution in [0.4, 0.5) is 24.5 Å². The van der Waals surface area contributed by atoms with Crippen LogP contribution in [0.5, 0.6) is 0 Å². The highest BCUT2D eigenvalue weighted by molar-refractivity contribution is 6.33. The molecule has 0 bridgehead atoms. The van der Waals surface area contributed by atoms with Crippen LogP contribution < -0.4 is 10.3 Å². The summed E-state index contributed by atoms with van der Waals surface area (Å²) < 4.78 is 38.2. The van der Waals surface area contributed by atoms with Crippen LogP contribution in [0, 0.1) is 0 Å². The summed E-state index contributed by atoms with van der Waals surface area (Å²) in [4.78, 5) is 2.21. The maximum atomic E-state index is 12.7. The smallest absolute Gasteiger partial charge is 0.372 e. The summed E-state index contributed by atoms with van der Waals surface area (Å²) >= 11 is 5.91. The van der Waals surface area contributed by atoms with Crippen LogP contribution in [0.2, 0.25) is 5.02 Å². The average Bonchev–Trinajstić information content (AvgIpc) is 2.58. The molecule has 1 N–H and O–H groups in total. The van der Waals surface area contributed by atoms with Crippen molar-refractivity contribution in [2.45, 2.75) is 20.0 Å². The van der Waals surface area contributed by atoms with Gasteiger partial charge in [-0.1, -0.05) is 23.7 Å². The van der Waals surface area contributed by atoms with Gasteiger partial charge in [-0.2, -0.15) is 18.3 Å². The third-order valence-corrected chi connectivity index (χ3v) is 4.04. The Balaban J connectivity index is 2.08. The van der Waals surface area contributed by atoms with Crippen LogP contribution in [0.1, 0.15) is 25.0 Å². The Morgan fingerprint density at radius 3 is 2.28 bits per heavy atom. The van der Waals surface area contributed by atoms with E-state index in [2.05, 4.69) is 29.3 Å². The van der Waals surface area contributed by atoms with Crippen molar-refractivity contribution in [3.8, 4) is 0 Å². The summed E-state index contributed by atoms with van der Waals surface area (Å²) in [6.45, 7) is 6.00. The predicted octanol–water partition coefficient (Wildman–Crippen LogP) is 5.65. The number of alkyl halides is 3. The molecule has 0 spiro atoms. The Morgan fingerprint density at radius 2 is 1.72 bits per heavy atom. The van der Waals surface area contributed by atoms with Crippen LogP contribution in [0.15, 0.2) is 47.6 Å². The fourth-order valence-corrected chi connectivity index (χ4v) is 2.48. The van der Waals surface area contributed by atoms with Crippen molar-refractivity contribution in [3.05, 3.63) is 58.6 Å². The molecule has 0 fully saturated rings. The third-order valence-electron chi connectivity index (χ3n) is 3.71. The Labute approximate surface area is 150 Å². The monoisotopic (exact) mass is 369 g/mol. The molecular formula is C18H19ClF3N3. The van der Waals surface area contributed by atoms with Crippen molar-refractivity contribution in [1.82, 2.24) is 0 Å². The van der Waals surface area contributed by atoms with Gasteiger partial charge in [-0.05, 0) is 49.7 Å². The van der Waals surface area contributed by atoms with E-state index in [0.717, 1.165) is 36.5 Å². The minimum Gasteiger partial charge on any atom is -0.372 e. The van der Waals surface area contributed by atoms with Crippen LogP contribution in [-0.2, 0) is 6.18 Å². The highest BCUT2D eigenvalue weighted by Gasteiger charge is 2.30. The van der Waals surface area contributed by atoms with E-state index in [4.69, 9.17) is 11.6 Å². The first kappa shape index (κ1) is 19.1. The second-order valence-corrected chi connectivity index (χ2v) is 5.73. The van der Waals surface area contributed by atoms with E-state index >= 15 is 0 Å². The van der Waals surface area contributed by atoms with Crippen molar-refractivity contribution in [2.24, 2.45) is 5.10 Å². The number of hydrogen-bond donors (Lipinski definition) is 1. The number of nitrogens with one attached hydrogen (secondary N) is 1. The zero-order valence-electron chi connectivity index (χ0n) is 13.9. The van der Waals surface area contributed by atoms with Crippen molar-refractivity contribution in [2.75, 3.05) is 23.4 Å². The summed E-state index contributed by atoms with van der Waals surface area (Å²) in [5, 5.41) is 4.14. The number of halogens is 4. The second-order valence-electron chi connectivity index (χ2n) is 5.33. The fourth-order valence-electron chi connectivity index (χ4n) is 2.32. The molecule has 2 rings (SSSR count). The quantitative estimate of drug-likeness (QED) is 0.526. The highest BCUT2D eigenvalue weighted by atomic mass is 35.5. The fraction of sp³-hybridized carbons (Fsp3) is 0.278. The molecule has 0 aliphatic heterocycles. The van der Waals surface area contributed by atoms with E-state index in [1.54, 1.807) is 0 Å². The van der Waals surface area contributed by atoms with Gasteiger partial charge in [-0.3, -0.25) is 5.43 Å². The molecule has 0 aromatic heterocycles. The lowest BCUT2D eigenvalue weighted by atomic mass is 10.2. The van der Waals surface area contributed by atoms with Gasteiger partial charge in [0, 0.05) is 18.8 Å². The van der Waals surface area contributed by atoms with Gasteiger partial charge in [0.05, 0.1) is 22.5 Å². The topological polar surface area (TPSA) is 27.6 Å². The van der Waals surface area contributed by atoms with E-state index in [-0.39, 0.29) is 10.7 Å². The van der Waals surface area contributed by atoms with Crippen molar-refractivity contribution >= 4 is 29.2 Å². The zero-order valence-corrected chi connectivity index (χ0v) is 14.7. The van der Waals surface area contributed by atoms with Crippen molar-refractivity contribution in [3.63, 3.8) is 0 Å². The molecule has 25 heavy (non-hydrogen) atoms. The van der Waals surface area contributed by atoms with E-state index in [0.29, 0.717) is 0 Å². The maximum absolute atomic E-state index is 12.7. The van der Waals surface area contributed by atoms with E-state index in [9.17, 15) is 13.2 Å². The molecule has 7 heteroatoms. The first-order valence-electron chi connectivity index (χ1n) is 7.86. The van der Waals surface area contributed by atoms with Crippen LogP contribution in [0.3, 0.4) is 0 Å². The molecule has 0 aliphatic carbocycles. The zero-order chi connectivity index (χ0) is 18.4. The predicted molar refractivity (Wildman–Crippen MR) is 97.7 cm³/mol. The standard InChI is InChI=1S/C18H19ClF3N3/c1-3-25(4-2)15-8-5-13(6-9-15)12-23-24-17-11-14(18(20,21)22)7-10-16(17)19/h5-12,24H,3-4H2,1-2H3. The van der Waals surface area contributed by atoms with Crippen molar-refractivity contribution < 1.29 is 13.2 Å². The Bertz CT molecular complexity index is 723. The van der Waals surface area contributed by atoms with Gasteiger partial charge in [0.2, 0.25) is 0 Å². The molecule has 2 aromatic rings. The summed E-state index contributed by atoms with van der Waals surface area (Å²) in [5.41, 5.74) is 3.82. The first-order valence-corrected chi connectivity index (χ1v) is 8.23. The highest BCUT2D eigenvalue weighted by Crippen LogP contribution is 2.33. The van der Waals surface area contributed by atoms with Crippen LogP contribution in [0.25, 0.3) is 0 Å². The molecule has 0 aliphatic rings. The van der Waals surface area contributed by atoms with Crippen molar-refractivity contribution in [1.29, 1.82) is 0 Å². The third kappa shape index (κ3) is 5.13. The molecular weight excluding hydrogens is 351 g/mol. The number of anilines is 2. The largest absolute Gasteiger partial charge is 0.416 e. The van der Waals surface area contributed by atoms with Gasteiger partial charge in [-0.15, -0.1) is 0 Å². The van der Waals surface area contributed by atoms with E-state index in [1.165, 1.54) is 12.3 Å². The van der Waals surface area contributed by atoms with Gasteiger partial charge in [-0.25, -0.2) is 0 Å². The molecule has 134 valence electrons. The SMILES string of the molecule is CCN(CC)c1ccc(C=NNc2cc(C(F)(F)F)ccc2Cl)cc1. The van der Waals surface area contributed by atoms with Crippen LogP contribution >= 0.6 is 11.6 Å². The lowest BCUT2D eigenvalue weighted by Gasteiger charge is -2.20. The number of nitrogens with zero attached hydrogens (tertiary/aromatic N) is 2. The number of hydrogen-bond acceptors (Lipinski definition) is 3. The number of benzene rings is 2. The lowest BCUT2D eigenvalue weighted by molar-refractivity contribution is -0.137. The van der Waals surface area contributed by atoms with Gasteiger partial charge in [0.25, 0.3) is 0 Å². The summed E-state index contributed by atoms with van der Waals surface area (Å²) in [7, 11) is 0. The molecule has 0 saturated heterocycles. The molecule has 3 nitrogen and oxygen atoms in total. The minimum absolute atomic E-state index is 0.104. The molecule has 2 aromatic carbocycles. The molecule has 0 atom stereocenters. The van der Waals surface area contributed by atoms with Gasteiger partial charge in [0.15, 0.2) is 0 Å². The van der Waals surface area contributed by atoms with Gasteiger partial charge >= 0.3 is 6.18 Å². The van der Waals surface area contributed by atoms with Gasteiger partial charge < -0.3 is 4.90 Å². The summed E-state index contributed by atoms with van der Waals surface area (Å²) in [6.07, 6.45) is -2.90. The van der Waals surface area contributed by atoms with E-state index < -0.39 is 11.7 Å². The van der Waals surface area contributed by atoms with E-state index in [1.807, 2.05) is 24.3 Å². The first-order chi connectivity index (χ1) is 11.8. The second kappa shape index (κ2) is 8.25. The molecule has 0 heterocycles. The maximum Gasteiger partial charge on any atom is 0.416 e. The Kier molecular flexibility index (Phi) is 6.31. The average molecular weight is 370 g/mol. The summed E-state index contributed by atoms with van der Waals surface area (Å²) in [6, 6.07) is 10.8. The number of rotatable bonds is 6. The minimum atomic E-state index is -4.43. The number of hydrazone groups is 1.